The van der Waals surface area contributed by atoms with Crippen molar-refractivity contribution in [1.82, 2.24) is 5.32 Å². The van der Waals surface area contributed by atoms with Gasteiger partial charge in [0.15, 0.2) is 0 Å². The van der Waals surface area contributed by atoms with Crippen molar-refractivity contribution >= 4 is 15.9 Å². The summed E-state index contributed by atoms with van der Waals surface area (Å²) in [5.74, 6) is 1.58. The van der Waals surface area contributed by atoms with Crippen molar-refractivity contribution in [3.63, 3.8) is 0 Å². The molecule has 1 saturated carbocycles. The lowest BCUT2D eigenvalue weighted by atomic mass is 9.75. The van der Waals surface area contributed by atoms with Gasteiger partial charge in [-0.25, -0.2) is 0 Å². The van der Waals surface area contributed by atoms with E-state index in [1.165, 1.54) is 35.7 Å². The fourth-order valence-corrected chi connectivity index (χ4v) is 3.71. The predicted molar refractivity (Wildman–Crippen MR) is 86.6 cm³/mol. The minimum absolute atomic E-state index is 0.656. The van der Waals surface area contributed by atoms with Crippen LogP contribution in [0.25, 0.3) is 0 Å². The Balaban J connectivity index is 1.80. The Kier molecular flexibility index (Phi) is 5.47. The normalized spacial score (nSPS) is 24.3. The molecule has 1 atom stereocenters. The van der Waals surface area contributed by atoms with Gasteiger partial charge in [0, 0.05) is 16.6 Å². The highest BCUT2D eigenvalue weighted by Gasteiger charge is 2.31. The van der Waals surface area contributed by atoms with Gasteiger partial charge in [-0.05, 0) is 49.3 Å². The van der Waals surface area contributed by atoms with Crippen LogP contribution in [-0.4, -0.2) is 12.1 Å². The molecule has 0 bridgehead atoms. The second-order valence-corrected chi connectivity index (χ2v) is 6.87. The molecular formula is C17H26BrN. The first-order valence-corrected chi connectivity index (χ1v) is 8.44. The summed E-state index contributed by atoms with van der Waals surface area (Å²) in [6.07, 6.45) is 5.15. The highest BCUT2D eigenvalue weighted by molar-refractivity contribution is 9.10. The van der Waals surface area contributed by atoms with Crippen molar-refractivity contribution in [2.45, 2.75) is 64.5 Å². The molecule has 0 aliphatic heterocycles. The quantitative estimate of drug-likeness (QED) is 0.767. The van der Waals surface area contributed by atoms with Gasteiger partial charge in [0.1, 0.15) is 0 Å². The lowest BCUT2D eigenvalue weighted by molar-refractivity contribution is 0.232. The SMILES string of the molecule is CCC(CC)C(C)NC1CC(c2cccc(Br)c2)C1. The van der Waals surface area contributed by atoms with Crippen molar-refractivity contribution in [2.75, 3.05) is 0 Å². The number of nitrogens with one attached hydrogen (secondary N) is 1. The molecule has 1 nitrogen and oxygen atoms in total. The maximum Gasteiger partial charge on any atom is 0.0178 e. The molecule has 0 aromatic heterocycles. The largest absolute Gasteiger partial charge is 0.311 e. The molecule has 1 aromatic rings. The third kappa shape index (κ3) is 3.82. The molecule has 0 spiro atoms. The Morgan fingerprint density at radius 3 is 2.53 bits per heavy atom. The molecule has 1 N–H and O–H groups in total. The molecule has 1 aromatic carbocycles. The van der Waals surface area contributed by atoms with Crippen LogP contribution < -0.4 is 5.32 Å². The third-order valence-corrected chi connectivity index (χ3v) is 5.21. The zero-order valence-electron chi connectivity index (χ0n) is 12.3. The number of hydrogen-bond acceptors (Lipinski definition) is 1. The highest BCUT2D eigenvalue weighted by Crippen LogP contribution is 2.38. The molecule has 1 fully saturated rings. The van der Waals surface area contributed by atoms with Crippen molar-refractivity contribution in [2.24, 2.45) is 5.92 Å². The van der Waals surface area contributed by atoms with Crippen LogP contribution in [0, 0.1) is 5.92 Å². The topological polar surface area (TPSA) is 12.0 Å². The Morgan fingerprint density at radius 2 is 1.95 bits per heavy atom. The summed E-state index contributed by atoms with van der Waals surface area (Å²) in [4.78, 5) is 0. The first-order valence-electron chi connectivity index (χ1n) is 7.65. The maximum absolute atomic E-state index is 3.82. The summed E-state index contributed by atoms with van der Waals surface area (Å²) in [6, 6.07) is 10.2. The van der Waals surface area contributed by atoms with Crippen LogP contribution in [-0.2, 0) is 0 Å². The molecule has 19 heavy (non-hydrogen) atoms. The molecule has 0 amide bonds. The van der Waals surface area contributed by atoms with Crippen molar-refractivity contribution in [3.8, 4) is 0 Å². The zero-order chi connectivity index (χ0) is 13.8. The molecule has 0 radical (unpaired) electrons. The van der Waals surface area contributed by atoms with Crippen molar-refractivity contribution in [3.05, 3.63) is 34.3 Å². The Hall–Kier alpha value is -0.340. The standard InChI is InChI=1S/C17H26BrN/c1-4-13(5-2)12(3)19-17-10-15(11-17)14-7-6-8-16(18)9-14/h6-9,12-13,15,17,19H,4-5,10-11H2,1-3H3. The summed E-state index contributed by atoms with van der Waals surface area (Å²) < 4.78 is 1.20. The van der Waals surface area contributed by atoms with Crippen LogP contribution in [0.3, 0.4) is 0 Å². The van der Waals surface area contributed by atoms with Gasteiger partial charge in [-0.3, -0.25) is 0 Å². The van der Waals surface area contributed by atoms with Gasteiger partial charge in [0.25, 0.3) is 0 Å². The number of benzene rings is 1. The van der Waals surface area contributed by atoms with Gasteiger partial charge in [-0.15, -0.1) is 0 Å². The fraction of sp³-hybridized carbons (Fsp3) is 0.647. The van der Waals surface area contributed by atoms with Gasteiger partial charge < -0.3 is 5.32 Å². The average molecular weight is 324 g/mol. The number of halogens is 1. The Bertz CT molecular complexity index is 394. The first kappa shape index (κ1) is 15.1. The van der Waals surface area contributed by atoms with E-state index < -0.39 is 0 Å². The molecule has 0 heterocycles. The highest BCUT2D eigenvalue weighted by atomic mass is 79.9. The second kappa shape index (κ2) is 6.90. The van der Waals surface area contributed by atoms with E-state index in [-0.39, 0.29) is 0 Å². The van der Waals surface area contributed by atoms with Crippen molar-refractivity contribution < 1.29 is 0 Å². The van der Waals surface area contributed by atoms with Crippen LogP contribution in [0.1, 0.15) is 57.9 Å². The molecule has 1 aliphatic rings. The van der Waals surface area contributed by atoms with Gasteiger partial charge in [-0.2, -0.15) is 0 Å². The summed E-state index contributed by atoms with van der Waals surface area (Å²) >= 11 is 3.56. The summed E-state index contributed by atoms with van der Waals surface area (Å²) in [6.45, 7) is 6.96. The number of rotatable bonds is 6. The van der Waals surface area contributed by atoms with E-state index in [0.29, 0.717) is 6.04 Å². The summed E-state index contributed by atoms with van der Waals surface area (Å²) in [5.41, 5.74) is 1.49. The van der Waals surface area contributed by atoms with E-state index in [9.17, 15) is 0 Å². The maximum atomic E-state index is 3.82. The van der Waals surface area contributed by atoms with Crippen LogP contribution in [0.4, 0.5) is 0 Å². The van der Waals surface area contributed by atoms with E-state index in [1.807, 2.05) is 0 Å². The minimum Gasteiger partial charge on any atom is -0.311 e. The molecular weight excluding hydrogens is 298 g/mol. The van der Waals surface area contributed by atoms with Gasteiger partial charge in [-0.1, -0.05) is 54.8 Å². The van der Waals surface area contributed by atoms with Crippen LogP contribution in [0.15, 0.2) is 28.7 Å². The molecule has 1 unspecified atom stereocenters. The van der Waals surface area contributed by atoms with E-state index in [0.717, 1.165) is 17.9 Å². The zero-order valence-corrected chi connectivity index (χ0v) is 13.9. The van der Waals surface area contributed by atoms with Gasteiger partial charge >= 0.3 is 0 Å². The molecule has 2 heteroatoms. The molecule has 106 valence electrons. The van der Waals surface area contributed by atoms with Crippen LogP contribution in [0.2, 0.25) is 0 Å². The average Bonchev–Trinajstić information content (AvgIpc) is 2.34. The van der Waals surface area contributed by atoms with E-state index in [1.54, 1.807) is 0 Å². The van der Waals surface area contributed by atoms with Gasteiger partial charge in [0.2, 0.25) is 0 Å². The lowest BCUT2D eigenvalue weighted by Crippen LogP contribution is -2.47. The molecule has 2 rings (SSSR count). The van der Waals surface area contributed by atoms with Gasteiger partial charge in [0.05, 0.1) is 0 Å². The smallest absolute Gasteiger partial charge is 0.0178 e. The molecule has 0 saturated heterocycles. The minimum atomic E-state index is 0.656. The fourth-order valence-electron chi connectivity index (χ4n) is 3.29. The Labute approximate surface area is 126 Å². The lowest BCUT2D eigenvalue weighted by Gasteiger charge is -2.39. The van der Waals surface area contributed by atoms with E-state index in [4.69, 9.17) is 0 Å². The Morgan fingerprint density at radius 1 is 1.26 bits per heavy atom. The molecule has 1 aliphatic carbocycles. The predicted octanol–water partition coefficient (Wildman–Crippen LogP) is 5.11. The summed E-state index contributed by atoms with van der Waals surface area (Å²) in [7, 11) is 0. The third-order valence-electron chi connectivity index (χ3n) is 4.71. The van der Waals surface area contributed by atoms with Crippen LogP contribution in [0.5, 0.6) is 0 Å². The van der Waals surface area contributed by atoms with E-state index in [2.05, 4.69) is 66.3 Å². The number of hydrogen-bond donors (Lipinski definition) is 1. The summed E-state index contributed by atoms with van der Waals surface area (Å²) in [5, 5.41) is 3.82. The van der Waals surface area contributed by atoms with Crippen LogP contribution >= 0.6 is 15.9 Å². The first-order chi connectivity index (χ1) is 9.13. The van der Waals surface area contributed by atoms with Crippen molar-refractivity contribution in [1.29, 1.82) is 0 Å². The second-order valence-electron chi connectivity index (χ2n) is 5.95. The monoisotopic (exact) mass is 323 g/mol. The van der Waals surface area contributed by atoms with E-state index >= 15 is 0 Å².